The summed E-state index contributed by atoms with van der Waals surface area (Å²) >= 11 is 0. The molecule has 3 rings (SSSR count). The fourth-order valence-corrected chi connectivity index (χ4v) is 2.61. The van der Waals surface area contributed by atoms with Gasteiger partial charge >= 0.3 is 0 Å². The van der Waals surface area contributed by atoms with Crippen molar-refractivity contribution in [1.29, 1.82) is 0 Å². The molecule has 18 heavy (non-hydrogen) atoms. The molecule has 2 aliphatic heterocycles. The van der Waals surface area contributed by atoms with Gasteiger partial charge in [0.1, 0.15) is 0 Å². The lowest BCUT2D eigenvalue weighted by Crippen LogP contribution is -2.33. The van der Waals surface area contributed by atoms with E-state index in [0.29, 0.717) is 18.5 Å². The van der Waals surface area contributed by atoms with Crippen LogP contribution in [0.3, 0.4) is 0 Å². The van der Waals surface area contributed by atoms with Gasteiger partial charge in [-0.1, -0.05) is 30.3 Å². The number of Topliss-reactive ketones (excluding diaryl/α,β-unsaturated/α-hetero) is 1. The summed E-state index contributed by atoms with van der Waals surface area (Å²) in [5.74, 6) is 0.0817. The first-order valence-corrected chi connectivity index (χ1v) is 6.04. The molecule has 0 N–H and O–H groups in total. The zero-order valence-corrected chi connectivity index (χ0v) is 10.2. The van der Waals surface area contributed by atoms with Crippen LogP contribution in [0.1, 0.15) is 24.9 Å². The molecular weight excluding hydrogens is 228 g/mol. The highest BCUT2D eigenvalue weighted by molar-refractivity contribution is 5.96. The molecule has 1 atom stereocenters. The molecule has 1 fully saturated rings. The molecule has 92 valence electrons. The summed E-state index contributed by atoms with van der Waals surface area (Å²) in [5.41, 5.74) is 1.74. The van der Waals surface area contributed by atoms with Crippen molar-refractivity contribution in [3.63, 3.8) is 0 Å². The van der Waals surface area contributed by atoms with E-state index in [-0.39, 0.29) is 17.7 Å². The Bertz CT molecular complexity index is 536. The third-order valence-electron chi connectivity index (χ3n) is 3.46. The number of hydrazine groups is 1. The molecule has 4 heteroatoms. The van der Waals surface area contributed by atoms with Gasteiger partial charge in [-0.3, -0.25) is 9.59 Å². The van der Waals surface area contributed by atoms with E-state index in [1.807, 2.05) is 35.3 Å². The SMILES string of the molecule is CC(=O)C1=CN2C(=O)CCN2[C@@H]1c1ccccc1. The van der Waals surface area contributed by atoms with Crippen LogP contribution in [0.5, 0.6) is 0 Å². The molecule has 0 spiro atoms. The molecule has 0 aromatic heterocycles. The molecule has 0 radical (unpaired) electrons. The van der Waals surface area contributed by atoms with Crippen molar-refractivity contribution >= 4 is 11.7 Å². The molecule has 2 heterocycles. The highest BCUT2D eigenvalue weighted by atomic mass is 16.2. The van der Waals surface area contributed by atoms with Crippen LogP contribution in [0.15, 0.2) is 42.1 Å². The third kappa shape index (κ3) is 1.57. The van der Waals surface area contributed by atoms with Crippen LogP contribution < -0.4 is 0 Å². The van der Waals surface area contributed by atoms with Crippen LogP contribution >= 0.6 is 0 Å². The summed E-state index contributed by atoms with van der Waals surface area (Å²) < 4.78 is 0. The summed E-state index contributed by atoms with van der Waals surface area (Å²) in [6, 6.07) is 9.72. The van der Waals surface area contributed by atoms with Gasteiger partial charge in [-0.25, -0.2) is 10.0 Å². The average molecular weight is 242 g/mol. The first-order chi connectivity index (χ1) is 8.68. The minimum atomic E-state index is -0.116. The average Bonchev–Trinajstić information content (AvgIpc) is 2.91. The van der Waals surface area contributed by atoms with Crippen molar-refractivity contribution in [2.45, 2.75) is 19.4 Å². The van der Waals surface area contributed by atoms with Crippen LogP contribution in [0.25, 0.3) is 0 Å². The van der Waals surface area contributed by atoms with E-state index in [2.05, 4.69) is 0 Å². The molecule has 1 amide bonds. The van der Waals surface area contributed by atoms with Gasteiger partial charge in [0, 0.05) is 24.7 Å². The standard InChI is InChI=1S/C14H14N2O2/c1-10(17)12-9-16-13(18)7-8-15(16)14(12)11-5-3-2-4-6-11/h2-6,9,14H,7-8H2,1H3/t14-/m1/s1. The number of amides is 1. The zero-order chi connectivity index (χ0) is 12.7. The Morgan fingerprint density at radius 3 is 2.67 bits per heavy atom. The maximum absolute atomic E-state index is 11.7. The van der Waals surface area contributed by atoms with E-state index in [0.717, 1.165) is 5.56 Å². The molecule has 1 aromatic carbocycles. The Labute approximate surface area is 105 Å². The van der Waals surface area contributed by atoms with Gasteiger partial charge in [0.05, 0.1) is 6.04 Å². The topological polar surface area (TPSA) is 40.6 Å². The normalized spacial score (nSPS) is 23.2. The monoisotopic (exact) mass is 242 g/mol. The number of nitrogens with zero attached hydrogens (tertiary/aromatic N) is 2. The van der Waals surface area contributed by atoms with Crippen molar-refractivity contribution in [2.75, 3.05) is 6.54 Å². The van der Waals surface area contributed by atoms with Gasteiger partial charge in [0.25, 0.3) is 0 Å². The van der Waals surface area contributed by atoms with E-state index < -0.39 is 0 Å². The maximum Gasteiger partial charge on any atom is 0.242 e. The Morgan fingerprint density at radius 1 is 1.28 bits per heavy atom. The number of ketones is 1. The van der Waals surface area contributed by atoms with Crippen molar-refractivity contribution in [3.8, 4) is 0 Å². The molecule has 0 bridgehead atoms. The highest BCUT2D eigenvalue weighted by Crippen LogP contribution is 2.39. The van der Waals surface area contributed by atoms with Crippen LogP contribution in [0, 0.1) is 0 Å². The van der Waals surface area contributed by atoms with Gasteiger partial charge in [-0.15, -0.1) is 0 Å². The summed E-state index contributed by atoms with van der Waals surface area (Å²) in [6.07, 6.45) is 2.21. The fourth-order valence-electron chi connectivity index (χ4n) is 2.61. The number of carbonyl (C=O) groups is 2. The minimum absolute atomic E-state index is 0.0195. The van der Waals surface area contributed by atoms with E-state index in [9.17, 15) is 9.59 Å². The number of hydrogen-bond acceptors (Lipinski definition) is 3. The summed E-state index contributed by atoms with van der Waals surface area (Å²) in [6.45, 7) is 2.22. The van der Waals surface area contributed by atoms with Crippen molar-refractivity contribution in [3.05, 3.63) is 47.7 Å². The highest BCUT2D eigenvalue weighted by Gasteiger charge is 2.42. The second-order valence-corrected chi connectivity index (χ2v) is 4.61. The molecule has 0 saturated carbocycles. The van der Waals surface area contributed by atoms with E-state index in [4.69, 9.17) is 0 Å². The number of hydrogen-bond donors (Lipinski definition) is 0. The summed E-state index contributed by atoms with van der Waals surface area (Å²) in [5, 5.41) is 3.56. The second kappa shape index (κ2) is 4.07. The zero-order valence-electron chi connectivity index (χ0n) is 10.2. The fraction of sp³-hybridized carbons (Fsp3) is 0.286. The molecule has 2 aliphatic rings. The van der Waals surface area contributed by atoms with Crippen LogP contribution in [-0.2, 0) is 9.59 Å². The molecule has 0 unspecified atom stereocenters. The lowest BCUT2D eigenvalue weighted by atomic mass is 9.97. The maximum atomic E-state index is 11.7. The van der Waals surface area contributed by atoms with Gasteiger partial charge in [0.15, 0.2) is 5.78 Å². The number of carbonyl (C=O) groups excluding carboxylic acids is 2. The predicted octanol–water partition coefficient (Wildman–Crippen LogP) is 1.66. The lowest BCUT2D eigenvalue weighted by molar-refractivity contribution is -0.132. The molecule has 0 aliphatic carbocycles. The number of rotatable bonds is 2. The van der Waals surface area contributed by atoms with Gasteiger partial charge in [-0.05, 0) is 12.5 Å². The van der Waals surface area contributed by atoms with Crippen LogP contribution in [-0.4, -0.2) is 28.3 Å². The smallest absolute Gasteiger partial charge is 0.242 e. The quantitative estimate of drug-likeness (QED) is 0.792. The molecule has 1 saturated heterocycles. The van der Waals surface area contributed by atoms with Gasteiger partial charge in [0.2, 0.25) is 5.91 Å². The van der Waals surface area contributed by atoms with Crippen LogP contribution in [0.2, 0.25) is 0 Å². The minimum Gasteiger partial charge on any atom is -0.295 e. The predicted molar refractivity (Wildman–Crippen MR) is 66.1 cm³/mol. The van der Waals surface area contributed by atoms with E-state index in [1.165, 1.54) is 0 Å². The summed E-state index contributed by atoms with van der Waals surface area (Å²) in [4.78, 5) is 23.5. The number of benzene rings is 1. The van der Waals surface area contributed by atoms with Crippen molar-refractivity contribution < 1.29 is 9.59 Å². The molecular formula is C14H14N2O2. The molecule has 1 aromatic rings. The Kier molecular flexibility index (Phi) is 2.52. The number of fused-ring (bicyclic) bond motifs is 1. The Balaban J connectivity index is 2.04. The Morgan fingerprint density at radius 2 is 2.00 bits per heavy atom. The van der Waals surface area contributed by atoms with Crippen LogP contribution in [0.4, 0.5) is 0 Å². The first-order valence-electron chi connectivity index (χ1n) is 6.04. The largest absolute Gasteiger partial charge is 0.295 e. The first kappa shape index (κ1) is 11.2. The lowest BCUT2D eigenvalue weighted by Gasteiger charge is -2.26. The van der Waals surface area contributed by atoms with E-state index >= 15 is 0 Å². The Hall–Kier alpha value is -1.94. The third-order valence-corrected chi connectivity index (χ3v) is 3.46. The molecule has 4 nitrogen and oxygen atoms in total. The second-order valence-electron chi connectivity index (χ2n) is 4.61. The summed E-state index contributed by atoms with van der Waals surface area (Å²) in [7, 11) is 0. The van der Waals surface area contributed by atoms with Crippen molar-refractivity contribution in [1.82, 2.24) is 10.0 Å². The van der Waals surface area contributed by atoms with Crippen molar-refractivity contribution in [2.24, 2.45) is 0 Å². The van der Waals surface area contributed by atoms with Gasteiger partial charge in [-0.2, -0.15) is 0 Å². The van der Waals surface area contributed by atoms with E-state index in [1.54, 1.807) is 18.1 Å². The van der Waals surface area contributed by atoms with Gasteiger partial charge < -0.3 is 0 Å².